The molecule has 0 amide bonds. The summed E-state index contributed by atoms with van der Waals surface area (Å²) in [6.45, 7) is 0.885. The van der Waals surface area contributed by atoms with E-state index in [1.54, 1.807) is 0 Å². The quantitative estimate of drug-likeness (QED) is 0.616. The number of para-hydroxylation sites is 1. The summed E-state index contributed by atoms with van der Waals surface area (Å²) >= 11 is 2.90. The number of hydrogen-bond acceptors (Lipinski definition) is 3. The van der Waals surface area contributed by atoms with Gasteiger partial charge in [-0.1, -0.05) is 34.1 Å². The Kier molecular flexibility index (Phi) is 5.79. The summed E-state index contributed by atoms with van der Waals surface area (Å²) in [6, 6.07) is 9.42. The summed E-state index contributed by atoms with van der Waals surface area (Å²) in [6.07, 6.45) is 0.640. The number of benzene rings is 1. The number of alkyl halides is 1. The van der Waals surface area contributed by atoms with Crippen LogP contribution in [0.1, 0.15) is 6.42 Å². The van der Waals surface area contributed by atoms with Gasteiger partial charge in [-0.25, -0.2) is 13.1 Å². The molecule has 4 nitrogen and oxygen atoms in total. The number of hydrogen-bond donors (Lipinski definition) is 1. The maximum Gasteiger partial charge on any atom is 0.221 e. The van der Waals surface area contributed by atoms with Gasteiger partial charge in [0.2, 0.25) is 10.0 Å². The summed E-state index contributed by atoms with van der Waals surface area (Å²) in [5.41, 5.74) is 0. The lowest BCUT2D eigenvalue weighted by Gasteiger charge is -2.06. The van der Waals surface area contributed by atoms with Gasteiger partial charge >= 0.3 is 0 Å². The number of ether oxygens (including phenoxy) is 1. The molecule has 0 radical (unpaired) electrons. The van der Waals surface area contributed by atoms with Crippen LogP contribution in [0.5, 0.6) is 5.75 Å². The smallest absolute Gasteiger partial charge is 0.221 e. The topological polar surface area (TPSA) is 55.4 Å². The Morgan fingerprint density at radius 1 is 1.25 bits per heavy atom. The molecule has 0 atom stereocenters. The van der Waals surface area contributed by atoms with Gasteiger partial charge in [0.1, 0.15) is 10.4 Å². The SMILES string of the molecule is O=S(=O)(CBr)NCCCOc1ccccc1. The van der Waals surface area contributed by atoms with Crippen molar-refractivity contribution < 1.29 is 13.2 Å². The van der Waals surface area contributed by atoms with E-state index >= 15 is 0 Å². The molecule has 16 heavy (non-hydrogen) atoms. The first-order chi connectivity index (χ1) is 7.64. The number of halogens is 1. The Hall–Kier alpha value is -0.590. The van der Waals surface area contributed by atoms with Crippen LogP contribution in [0.2, 0.25) is 0 Å². The van der Waals surface area contributed by atoms with E-state index in [0.717, 1.165) is 5.75 Å². The van der Waals surface area contributed by atoms with E-state index in [2.05, 4.69) is 20.7 Å². The molecule has 90 valence electrons. The standard InChI is InChI=1S/C10H14BrNO3S/c11-9-16(13,14)12-7-4-8-15-10-5-2-1-3-6-10/h1-3,5-6,12H,4,7-9H2. The van der Waals surface area contributed by atoms with Gasteiger partial charge in [0, 0.05) is 6.54 Å². The minimum atomic E-state index is -3.15. The van der Waals surface area contributed by atoms with Crippen LogP contribution in [0.15, 0.2) is 30.3 Å². The van der Waals surface area contributed by atoms with E-state index in [0.29, 0.717) is 19.6 Å². The Morgan fingerprint density at radius 3 is 2.56 bits per heavy atom. The van der Waals surface area contributed by atoms with Gasteiger partial charge in [-0.2, -0.15) is 0 Å². The van der Waals surface area contributed by atoms with Crippen LogP contribution in [0, 0.1) is 0 Å². The third kappa shape index (κ3) is 5.48. The monoisotopic (exact) mass is 307 g/mol. The second kappa shape index (κ2) is 6.88. The van der Waals surface area contributed by atoms with Gasteiger partial charge in [0.15, 0.2) is 0 Å². The largest absolute Gasteiger partial charge is 0.494 e. The van der Waals surface area contributed by atoms with Crippen molar-refractivity contribution in [1.82, 2.24) is 4.72 Å². The number of rotatable bonds is 7. The lowest BCUT2D eigenvalue weighted by Crippen LogP contribution is -2.26. The van der Waals surface area contributed by atoms with E-state index in [1.807, 2.05) is 30.3 Å². The highest BCUT2D eigenvalue weighted by Crippen LogP contribution is 2.08. The second-order valence-corrected chi connectivity index (χ2v) is 6.24. The van der Waals surface area contributed by atoms with E-state index in [1.165, 1.54) is 0 Å². The van der Waals surface area contributed by atoms with Gasteiger partial charge in [-0.15, -0.1) is 0 Å². The maximum absolute atomic E-state index is 11.0. The molecule has 0 fully saturated rings. The molecule has 0 spiro atoms. The molecule has 1 aromatic carbocycles. The lowest BCUT2D eigenvalue weighted by atomic mass is 10.3. The molecule has 0 bridgehead atoms. The van der Waals surface area contributed by atoms with Gasteiger partial charge in [-0.3, -0.25) is 0 Å². The van der Waals surface area contributed by atoms with Crippen molar-refractivity contribution in [2.24, 2.45) is 0 Å². The summed E-state index contributed by atoms with van der Waals surface area (Å²) in [7, 11) is -3.15. The number of nitrogens with one attached hydrogen (secondary N) is 1. The molecule has 0 heterocycles. The van der Waals surface area contributed by atoms with Crippen LogP contribution in [-0.2, 0) is 10.0 Å². The molecule has 0 aliphatic rings. The minimum absolute atomic E-state index is 0.0699. The van der Waals surface area contributed by atoms with E-state index < -0.39 is 10.0 Å². The molecule has 6 heteroatoms. The van der Waals surface area contributed by atoms with Gasteiger partial charge in [0.25, 0.3) is 0 Å². The second-order valence-electron chi connectivity index (χ2n) is 3.13. The third-order valence-corrected chi connectivity index (χ3v) is 4.54. The highest BCUT2D eigenvalue weighted by molar-refractivity contribution is 9.10. The maximum atomic E-state index is 11.0. The Balaban J connectivity index is 2.14. The first-order valence-electron chi connectivity index (χ1n) is 4.85. The van der Waals surface area contributed by atoms with Crippen molar-refractivity contribution in [2.45, 2.75) is 6.42 Å². The third-order valence-electron chi connectivity index (χ3n) is 1.80. The van der Waals surface area contributed by atoms with Crippen LogP contribution in [-0.4, -0.2) is 26.2 Å². The van der Waals surface area contributed by atoms with E-state index in [9.17, 15) is 8.42 Å². The molecular formula is C10H14BrNO3S. The van der Waals surface area contributed by atoms with Crippen molar-refractivity contribution in [3.63, 3.8) is 0 Å². The van der Waals surface area contributed by atoms with Crippen molar-refractivity contribution in [1.29, 1.82) is 0 Å². The molecule has 0 saturated carbocycles. The Labute approximate surface area is 104 Å². The molecular weight excluding hydrogens is 294 g/mol. The highest BCUT2D eigenvalue weighted by atomic mass is 79.9. The normalized spacial score (nSPS) is 11.3. The zero-order chi connectivity index (χ0) is 11.9. The molecule has 1 N–H and O–H groups in total. The lowest BCUT2D eigenvalue weighted by molar-refractivity contribution is 0.311. The van der Waals surface area contributed by atoms with Crippen molar-refractivity contribution in [3.05, 3.63) is 30.3 Å². The average molecular weight is 308 g/mol. The molecule has 0 aromatic heterocycles. The van der Waals surface area contributed by atoms with Gasteiger partial charge in [0.05, 0.1) is 6.61 Å². The molecule has 0 unspecified atom stereocenters. The fourth-order valence-electron chi connectivity index (χ4n) is 1.05. The van der Waals surface area contributed by atoms with Crippen LogP contribution in [0.25, 0.3) is 0 Å². The fourth-order valence-corrected chi connectivity index (χ4v) is 2.06. The van der Waals surface area contributed by atoms with E-state index in [-0.39, 0.29) is 4.66 Å². The van der Waals surface area contributed by atoms with E-state index in [4.69, 9.17) is 4.74 Å². The van der Waals surface area contributed by atoms with Crippen LogP contribution in [0.4, 0.5) is 0 Å². The molecule has 1 rings (SSSR count). The van der Waals surface area contributed by atoms with Crippen LogP contribution >= 0.6 is 15.9 Å². The summed E-state index contributed by atoms with van der Waals surface area (Å²) in [5.74, 6) is 0.797. The van der Waals surface area contributed by atoms with Crippen molar-refractivity contribution >= 4 is 26.0 Å². The van der Waals surface area contributed by atoms with Gasteiger partial charge < -0.3 is 4.74 Å². The average Bonchev–Trinajstić information content (AvgIpc) is 2.30. The zero-order valence-electron chi connectivity index (χ0n) is 8.73. The summed E-state index contributed by atoms with van der Waals surface area (Å²) in [5, 5.41) is 0. The molecule has 0 aliphatic carbocycles. The number of sulfonamides is 1. The molecule has 0 aliphatic heterocycles. The Bertz CT molecular complexity index is 394. The van der Waals surface area contributed by atoms with Crippen molar-refractivity contribution in [3.8, 4) is 5.75 Å². The predicted octanol–water partition coefficient (Wildman–Crippen LogP) is 1.73. The van der Waals surface area contributed by atoms with Crippen molar-refractivity contribution in [2.75, 3.05) is 17.8 Å². The summed E-state index contributed by atoms with van der Waals surface area (Å²) < 4.78 is 29.8. The summed E-state index contributed by atoms with van der Waals surface area (Å²) in [4.78, 5) is 0. The predicted molar refractivity (Wildman–Crippen MR) is 67.3 cm³/mol. The first kappa shape index (κ1) is 13.5. The van der Waals surface area contributed by atoms with Crippen LogP contribution in [0.3, 0.4) is 0 Å². The first-order valence-corrected chi connectivity index (χ1v) is 7.62. The Morgan fingerprint density at radius 2 is 1.94 bits per heavy atom. The van der Waals surface area contributed by atoms with Crippen LogP contribution < -0.4 is 9.46 Å². The molecule has 1 aromatic rings. The van der Waals surface area contributed by atoms with Gasteiger partial charge in [-0.05, 0) is 18.6 Å². The minimum Gasteiger partial charge on any atom is -0.494 e. The highest BCUT2D eigenvalue weighted by Gasteiger charge is 2.05. The fraction of sp³-hybridized carbons (Fsp3) is 0.400. The molecule has 0 saturated heterocycles. The zero-order valence-corrected chi connectivity index (χ0v) is 11.1.